The van der Waals surface area contributed by atoms with E-state index in [1.54, 1.807) is 6.07 Å². The summed E-state index contributed by atoms with van der Waals surface area (Å²) in [6, 6.07) is 7.64. The summed E-state index contributed by atoms with van der Waals surface area (Å²) in [7, 11) is -2.92. The monoisotopic (exact) mass is 328 g/mol. The third-order valence-corrected chi connectivity index (χ3v) is 5.18. The molecule has 1 saturated heterocycles. The van der Waals surface area contributed by atoms with Crippen LogP contribution in [0.5, 0.6) is 0 Å². The van der Waals surface area contributed by atoms with Crippen molar-refractivity contribution in [1.82, 2.24) is 0 Å². The van der Waals surface area contributed by atoms with E-state index in [1.807, 2.05) is 17.0 Å². The lowest BCUT2D eigenvalue weighted by atomic mass is 10.1. The Morgan fingerprint density at radius 2 is 2.06 bits per heavy atom. The van der Waals surface area contributed by atoms with Gasteiger partial charge in [0.1, 0.15) is 6.07 Å². The van der Waals surface area contributed by atoms with Crippen LogP contribution in [-0.2, 0) is 9.84 Å². The number of halogens is 1. The lowest BCUT2D eigenvalue weighted by Gasteiger charge is -2.23. The fraction of sp³-hybridized carbons (Fsp3) is 0.417. The van der Waals surface area contributed by atoms with Gasteiger partial charge in [-0.1, -0.05) is 15.9 Å². The third-order valence-electron chi connectivity index (χ3n) is 2.98. The predicted molar refractivity (Wildman–Crippen MR) is 74.3 cm³/mol. The van der Waals surface area contributed by atoms with Crippen LogP contribution in [0.4, 0.5) is 5.69 Å². The number of benzene rings is 1. The van der Waals surface area contributed by atoms with Crippen molar-refractivity contribution < 1.29 is 8.42 Å². The largest absolute Gasteiger partial charge is 0.369 e. The minimum absolute atomic E-state index is 0.161. The van der Waals surface area contributed by atoms with Crippen LogP contribution in [0, 0.1) is 11.3 Å². The van der Waals surface area contributed by atoms with Crippen LogP contribution in [0.25, 0.3) is 0 Å². The van der Waals surface area contributed by atoms with Crippen LogP contribution in [0.2, 0.25) is 0 Å². The summed E-state index contributed by atoms with van der Waals surface area (Å²) in [6.45, 7) is 1.13. The minimum atomic E-state index is -2.92. The highest BCUT2D eigenvalue weighted by Gasteiger charge is 2.20. The highest BCUT2D eigenvalue weighted by atomic mass is 79.9. The fourth-order valence-electron chi connectivity index (χ4n) is 2.05. The van der Waals surface area contributed by atoms with Crippen molar-refractivity contribution in [1.29, 1.82) is 5.26 Å². The molecule has 0 saturated carbocycles. The van der Waals surface area contributed by atoms with Crippen molar-refractivity contribution >= 4 is 31.5 Å². The second kappa shape index (κ2) is 5.29. The molecule has 0 atom stereocenters. The molecule has 4 nitrogen and oxygen atoms in total. The van der Waals surface area contributed by atoms with E-state index in [-0.39, 0.29) is 11.5 Å². The van der Waals surface area contributed by atoms with Gasteiger partial charge in [0, 0.05) is 17.6 Å². The van der Waals surface area contributed by atoms with Gasteiger partial charge in [-0.2, -0.15) is 5.26 Å². The van der Waals surface area contributed by atoms with Crippen molar-refractivity contribution in [2.75, 3.05) is 29.5 Å². The van der Waals surface area contributed by atoms with Crippen LogP contribution >= 0.6 is 15.9 Å². The topological polar surface area (TPSA) is 61.2 Å². The normalized spacial score (nSPS) is 19.0. The Labute approximate surface area is 115 Å². The molecule has 18 heavy (non-hydrogen) atoms. The predicted octanol–water partition coefficient (Wildman–Crippen LogP) is 1.95. The van der Waals surface area contributed by atoms with E-state index in [4.69, 9.17) is 5.26 Å². The summed E-state index contributed by atoms with van der Waals surface area (Å²) in [4.78, 5) is 1.98. The summed E-state index contributed by atoms with van der Waals surface area (Å²) >= 11 is 3.33. The number of nitriles is 1. The van der Waals surface area contributed by atoms with Gasteiger partial charge in [0.05, 0.1) is 22.8 Å². The van der Waals surface area contributed by atoms with Gasteiger partial charge in [-0.15, -0.1) is 0 Å². The first-order valence-electron chi connectivity index (χ1n) is 5.67. The second-order valence-corrected chi connectivity index (χ2v) is 7.49. The van der Waals surface area contributed by atoms with Gasteiger partial charge in [-0.25, -0.2) is 8.42 Å². The lowest BCUT2D eigenvalue weighted by Crippen LogP contribution is -2.27. The number of hydrogen-bond donors (Lipinski definition) is 0. The molecule has 0 bridgehead atoms. The zero-order chi connectivity index (χ0) is 13.2. The van der Waals surface area contributed by atoms with Crippen LogP contribution in [0.3, 0.4) is 0 Å². The molecule has 1 heterocycles. The molecule has 1 aliphatic heterocycles. The number of hydrogen-bond acceptors (Lipinski definition) is 4. The van der Waals surface area contributed by atoms with Gasteiger partial charge in [0.2, 0.25) is 0 Å². The molecule has 0 radical (unpaired) electrons. The lowest BCUT2D eigenvalue weighted by molar-refractivity contribution is 0.597. The van der Waals surface area contributed by atoms with E-state index in [0.29, 0.717) is 25.1 Å². The third kappa shape index (κ3) is 3.03. The smallest absolute Gasteiger partial charge is 0.152 e. The SMILES string of the molecule is N#Cc1cc(Br)ccc1N1CCCS(=O)(=O)CC1. The van der Waals surface area contributed by atoms with E-state index in [1.165, 1.54) is 0 Å². The standard InChI is InChI=1S/C12H13BrN2O2S/c13-11-2-3-12(10(8-11)9-14)15-4-1-6-18(16,17)7-5-15/h2-3,8H,1,4-7H2. The van der Waals surface area contributed by atoms with Crippen molar-refractivity contribution in [2.45, 2.75) is 6.42 Å². The maximum atomic E-state index is 11.6. The van der Waals surface area contributed by atoms with Crippen LogP contribution in [0.15, 0.2) is 22.7 Å². The molecule has 96 valence electrons. The van der Waals surface area contributed by atoms with Crippen LogP contribution in [-0.4, -0.2) is 33.0 Å². The first kappa shape index (κ1) is 13.4. The zero-order valence-electron chi connectivity index (χ0n) is 9.76. The molecular weight excluding hydrogens is 316 g/mol. The van der Waals surface area contributed by atoms with Crippen molar-refractivity contribution in [3.05, 3.63) is 28.2 Å². The molecular formula is C12H13BrN2O2S. The Kier molecular flexibility index (Phi) is 3.93. The summed E-state index contributed by atoms with van der Waals surface area (Å²) in [5.41, 5.74) is 1.39. The van der Waals surface area contributed by atoms with Crippen molar-refractivity contribution in [2.24, 2.45) is 0 Å². The average Bonchev–Trinajstić information content (AvgIpc) is 2.50. The van der Waals surface area contributed by atoms with E-state index >= 15 is 0 Å². The van der Waals surface area contributed by atoms with E-state index < -0.39 is 9.84 Å². The summed E-state index contributed by atoms with van der Waals surface area (Å²) in [5, 5.41) is 9.13. The Hall–Kier alpha value is -1.06. The summed E-state index contributed by atoms with van der Waals surface area (Å²) in [6.07, 6.45) is 0.614. The molecule has 0 amide bonds. The molecule has 1 aliphatic rings. The minimum Gasteiger partial charge on any atom is -0.369 e. The molecule has 0 unspecified atom stereocenters. The van der Waals surface area contributed by atoms with Gasteiger partial charge >= 0.3 is 0 Å². The molecule has 0 aliphatic carbocycles. The quantitative estimate of drug-likeness (QED) is 0.790. The Morgan fingerprint density at radius 1 is 1.28 bits per heavy atom. The maximum Gasteiger partial charge on any atom is 0.152 e. The highest BCUT2D eigenvalue weighted by Crippen LogP contribution is 2.25. The Balaban J connectivity index is 2.30. The molecule has 6 heteroatoms. The molecule has 1 fully saturated rings. The molecule has 0 spiro atoms. The number of anilines is 1. The van der Waals surface area contributed by atoms with Crippen molar-refractivity contribution in [3.63, 3.8) is 0 Å². The van der Waals surface area contributed by atoms with Gasteiger partial charge in [-0.05, 0) is 24.6 Å². The molecule has 0 aromatic heterocycles. The highest BCUT2D eigenvalue weighted by molar-refractivity contribution is 9.10. The summed E-state index contributed by atoms with van der Waals surface area (Å²) < 4.78 is 24.0. The Bertz CT molecular complexity index is 593. The first-order chi connectivity index (χ1) is 8.52. The Morgan fingerprint density at radius 3 is 2.78 bits per heavy atom. The van der Waals surface area contributed by atoms with Gasteiger partial charge in [-0.3, -0.25) is 0 Å². The first-order valence-corrected chi connectivity index (χ1v) is 8.28. The van der Waals surface area contributed by atoms with Gasteiger partial charge in [0.25, 0.3) is 0 Å². The number of rotatable bonds is 1. The molecule has 1 aromatic carbocycles. The number of nitrogens with zero attached hydrogens (tertiary/aromatic N) is 2. The number of sulfone groups is 1. The van der Waals surface area contributed by atoms with E-state index in [2.05, 4.69) is 22.0 Å². The molecule has 0 N–H and O–H groups in total. The van der Waals surface area contributed by atoms with Crippen LogP contribution in [0.1, 0.15) is 12.0 Å². The maximum absolute atomic E-state index is 11.6. The van der Waals surface area contributed by atoms with E-state index in [0.717, 1.165) is 10.2 Å². The molecule has 2 rings (SSSR count). The van der Waals surface area contributed by atoms with Crippen molar-refractivity contribution in [3.8, 4) is 6.07 Å². The summed E-state index contributed by atoms with van der Waals surface area (Å²) in [5.74, 6) is 0.399. The average molecular weight is 329 g/mol. The van der Waals surface area contributed by atoms with E-state index in [9.17, 15) is 8.42 Å². The molecule has 1 aromatic rings. The van der Waals surface area contributed by atoms with Gasteiger partial charge < -0.3 is 4.90 Å². The fourth-order valence-corrected chi connectivity index (χ4v) is 3.69. The zero-order valence-corrected chi connectivity index (χ0v) is 12.2. The van der Waals surface area contributed by atoms with Crippen LogP contribution < -0.4 is 4.90 Å². The second-order valence-electron chi connectivity index (χ2n) is 4.27. The van der Waals surface area contributed by atoms with Gasteiger partial charge in [0.15, 0.2) is 9.84 Å².